The highest BCUT2D eigenvalue weighted by Gasteiger charge is 2.28. The number of rotatable bonds is 7. The topological polar surface area (TPSA) is 101 Å². The lowest BCUT2D eigenvalue weighted by Gasteiger charge is -2.32. The van der Waals surface area contributed by atoms with E-state index in [2.05, 4.69) is 45.8 Å². The molecule has 2 aliphatic rings. The first-order chi connectivity index (χ1) is 20.3. The van der Waals surface area contributed by atoms with E-state index in [9.17, 15) is 9.59 Å². The fourth-order valence-corrected chi connectivity index (χ4v) is 5.94. The molecule has 4 heterocycles. The Morgan fingerprint density at radius 2 is 1.86 bits per heavy atom. The number of piperidine rings is 1. The van der Waals surface area contributed by atoms with E-state index in [-0.39, 0.29) is 18.2 Å². The molecule has 1 unspecified atom stereocenters. The quantitative estimate of drug-likeness (QED) is 0.251. The number of fused-ring (bicyclic) bond motifs is 1. The molecule has 0 saturated carbocycles. The van der Waals surface area contributed by atoms with Gasteiger partial charge in [0, 0.05) is 46.7 Å². The maximum atomic E-state index is 13.6. The summed E-state index contributed by atoms with van der Waals surface area (Å²) in [5, 5.41) is 10.2. The minimum absolute atomic E-state index is 0.132. The van der Waals surface area contributed by atoms with E-state index in [1.54, 1.807) is 6.08 Å². The van der Waals surface area contributed by atoms with Crippen LogP contribution < -0.4 is 15.5 Å². The third-order valence-corrected chi connectivity index (χ3v) is 8.15. The molecule has 0 bridgehead atoms. The van der Waals surface area contributed by atoms with E-state index >= 15 is 0 Å². The average molecular weight is 565 g/mol. The summed E-state index contributed by atoms with van der Waals surface area (Å²) in [6, 6.07) is 15.5. The maximum absolute atomic E-state index is 13.6. The zero-order valence-corrected chi connectivity index (χ0v) is 24.5. The molecule has 2 aromatic carbocycles. The highest BCUT2D eigenvalue weighted by atomic mass is 16.5. The minimum atomic E-state index is -0.434. The van der Waals surface area contributed by atoms with Crippen LogP contribution in [-0.4, -0.2) is 30.1 Å². The number of anilines is 2. The lowest BCUT2D eigenvalue weighted by Crippen LogP contribution is -2.34. The van der Waals surface area contributed by atoms with Gasteiger partial charge in [-0.3, -0.25) is 9.59 Å². The normalized spacial score (nSPS) is 16.4. The van der Waals surface area contributed by atoms with E-state index in [1.165, 1.54) is 12.0 Å². The summed E-state index contributed by atoms with van der Waals surface area (Å²) in [7, 11) is 0. The van der Waals surface area contributed by atoms with Crippen molar-refractivity contribution in [3.05, 3.63) is 99.3 Å². The highest BCUT2D eigenvalue weighted by molar-refractivity contribution is 6.35. The number of aromatic nitrogens is 1. The second-order valence-corrected chi connectivity index (χ2v) is 11.4. The molecular weight excluding hydrogens is 528 g/mol. The summed E-state index contributed by atoms with van der Waals surface area (Å²) in [6.07, 6.45) is 5.52. The SMILES string of the molecule is Cc1ccc(C(NC(=O)Cc2ccc3c(c2)C(=Cc2c(C)noc2C)C(=O)N3)c2ccc(C)o2)c(N2CCCCC2)c1. The summed E-state index contributed by atoms with van der Waals surface area (Å²) in [5.74, 6) is 1.83. The molecule has 4 aromatic rings. The highest BCUT2D eigenvalue weighted by Crippen LogP contribution is 2.36. The van der Waals surface area contributed by atoms with Gasteiger partial charge in [0.05, 0.1) is 12.1 Å². The van der Waals surface area contributed by atoms with Gasteiger partial charge in [0.25, 0.3) is 5.91 Å². The number of nitrogens with zero attached hydrogens (tertiary/aromatic N) is 2. The van der Waals surface area contributed by atoms with E-state index in [0.717, 1.165) is 71.0 Å². The summed E-state index contributed by atoms with van der Waals surface area (Å²) >= 11 is 0. The lowest BCUT2D eigenvalue weighted by molar-refractivity contribution is -0.121. The van der Waals surface area contributed by atoms with Gasteiger partial charge >= 0.3 is 0 Å². The molecule has 2 aromatic heterocycles. The zero-order chi connectivity index (χ0) is 29.4. The molecular formula is C34H36N4O4. The van der Waals surface area contributed by atoms with Crippen molar-refractivity contribution in [1.29, 1.82) is 0 Å². The molecule has 1 fully saturated rings. The first-order valence-corrected chi connectivity index (χ1v) is 14.6. The van der Waals surface area contributed by atoms with Crippen molar-refractivity contribution in [3.8, 4) is 0 Å². The molecule has 1 atom stereocenters. The van der Waals surface area contributed by atoms with Gasteiger partial charge < -0.3 is 24.5 Å². The van der Waals surface area contributed by atoms with E-state index < -0.39 is 6.04 Å². The Morgan fingerprint density at radius 3 is 2.57 bits per heavy atom. The Bertz CT molecular complexity index is 1670. The molecule has 2 amide bonds. The Labute approximate surface area is 245 Å². The second-order valence-electron chi connectivity index (χ2n) is 11.4. The molecule has 0 aliphatic carbocycles. The van der Waals surface area contributed by atoms with Crippen molar-refractivity contribution < 1.29 is 18.5 Å². The smallest absolute Gasteiger partial charge is 0.256 e. The first kappa shape index (κ1) is 27.6. The second kappa shape index (κ2) is 11.4. The van der Waals surface area contributed by atoms with Crippen molar-refractivity contribution in [1.82, 2.24) is 10.5 Å². The van der Waals surface area contributed by atoms with Crippen LogP contribution >= 0.6 is 0 Å². The van der Waals surface area contributed by atoms with Gasteiger partial charge in [-0.1, -0.05) is 23.4 Å². The summed E-state index contributed by atoms with van der Waals surface area (Å²) in [6.45, 7) is 9.68. The summed E-state index contributed by atoms with van der Waals surface area (Å²) < 4.78 is 11.4. The van der Waals surface area contributed by atoms with Crippen molar-refractivity contribution >= 4 is 34.8 Å². The van der Waals surface area contributed by atoms with Gasteiger partial charge in [-0.25, -0.2) is 0 Å². The van der Waals surface area contributed by atoms with Crippen LogP contribution in [0.4, 0.5) is 11.4 Å². The van der Waals surface area contributed by atoms with Gasteiger partial charge in [0.1, 0.15) is 23.3 Å². The van der Waals surface area contributed by atoms with Crippen molar-refractivity contribution in [2.45, 2.75) is 59.4 Å². The van der Waals surface area contributed by atoms with E-state index in [1.807, 2.05) is 51.1 Å². The first-order valence-electron chi connectivity index (χ1n) is 14.6. The molecule has 1 saturated heterocycles. The van der Waals surface area contributed by atoms with E-state index in [0.29, 0.717) is 17.1 Å². The summed E-state index contributed by atoms with van der Waals surface area (Å²) in [5.41, 5.74) is 7.67. The fourth-order valence-electron chi connectivity index (χ4n) is 5.94. The van der Waals surface area contributed by atoms with Crippen LogP contribution in [-0.2, 0) is 16.0 Å². The van der Waals surface area contributed by atoms with Crippen LogP contribution in [0.3, 0.4) is 0 Å². The van der Waals surface area contributed by atoms with Gasteiger partial charge in [-0.05, 0) is 94.5 Å². The average Bonchev–Trinajstić information content (AvgIpc) is 3.65. The third kappa shape index (κ3) is 5.49. The molecule has 2 aliphatic heterocycles. The van der Waals surface area contributed by atoms with Gasteiger partial charge in [-0.15, -0.1) is 0 Å². The lowest BCUT2D eigenvalue weighted by atomic mass is 9.97. The monoisotopic (exact) mass is 564 g/mol. The number of hydrogen-bond acceptors (Lipinski definition) is 6. The number of amides is 2. The number of benzene rings is 2. The molecule has 0 spiro atoms. The van der Waals surface area contributed by atoms with Crippen LogP contribution in [0.1, 0.15) is 76.1 Å². The number of nitrogens with one attached hydrogen (secondary N) is 2. The molecule has 6 rings (SSSR count). The van der Waals surface area contributed by atoms with Gasteiger partial charge in [0.2, 0.25) is 5.91 Å². The van der Waals surface area contributed by atoms with Crippen LogP contribution in [0.25, 0.3) is 11.6 Å². The minimum Gasteiger partial charge on any atom is -0.464 e. The number of carbonyl (C=O) groups excluding carboxylic acids is 2. The largest absolute Gasteiger partial charge is 0.464 e. The van der Waals surface area contributed by atoms with E-state index in [4.69, 9.17) is 8.94 Å². The van der Waals surface area contributed by atoms with Crippen LogP contribution in [0.15, 0.2) is 57.5 Å². The van der Waals surface area contributed by atoms with Crippen molar-refractivity contribution in [2.75, 3.05) is 23.3 Å². The molecule has 8 heteroatoms. The maximum Gasteiger partial charge on any atom is 0.256 e. The van der Waals surface area contributed by atoms with Crippen molar-refractivity contribution in [3.63, 3.8) is 0 Å². The standard InChI is InChI=1S/C34H36N4O4/c1-20-8-11-25(30(16-20)38-14-6-5-7-15-38)33(31-13-9-21(2)41-31)36-32(39)18-24-10-12-29-27(17-24)28(34(40)35-29)19-26-22(3)37-42-23(26)4/h8-13,16-17,19,33H,5-7,14-15,18H2,1-4H3,(H,35,40)(H,36,39). The number of furan rings is 1. The molecule has 216 valence electrons. The Kier molecular flexibility index (Phi) is 7.45. The van der Waals surface area contributed by atoms with Gasteiger partial charge in [-0.2, -0.15) is 0 Å². The molecule has 8 nitrogen and oxygen atoms in total. The Balaban J connectivity index is 1.29. The number of carbonyl (C=O) groups is 2. The summed E-state index contributed by atoms with van der Waals surface area (Å²) in [4.78, 5) is 28.9. The fraction of sp³-hybridized carbons (Fsp3) is 0.324. The Hall–Kier alpha value is -4.59. The molecule has 42 heavy (non-hydrogen) atoms. The number of hydrogen-bond donors (Lipinski definition) is 2. The Morgan fingerprint density at radius 1 is 1.05 bits per heavy atom. The predicted molar refractivity (Wildman–Crippen MR) is 163 cm³/mol. The van der Waals surface area contributed by atoms with Crippen LogP contribution in [0.2, 0.25) is 0 Å². The van der Waals surface area contributed by atoms with Gasteiger partial charge in [0.15, 0.2) is 0 Å². The zero-order valence-electron chi connectivity index (χ0n) is 24.5. The third-order valence-electron chi connectivity index (χ3n) is 8.15. The molecule has 2 N–H and O–H groups in total. The van der Waals surface area contributed by atoms with Crippen LogP contribution in [0, 0.1) is 27.7 Å². The predicted octanol–water partition coefficient (Wildman–Crippen LogP) is 6.43. The van der Waals surface area contributed by atoms with Crippen LogP contribution in [0.5, 0.6) is 0 Å². The number of aryl methyl sites for hydroxylation is 4. The molecule has 0 radical (unpaired) electrons. The van der Waals surface area contributed by atoms with Crippen molar-refractivity contribution in [2.24, 2.45) is 0 Å².